The molecule has 0 amide bonds. The molecule has 3 heteroatoms. The first-order valence-electron chi connectivity index (χ1n) is 9.61. The molecule has 27 heavy (non-hydrogen) atoms. The number of aliphatic hydroxyl groups is 1. The van der Waals surface area contributed by atoms with E-state index >= 15 is 0 Å². The number of hydrogen-bond donors (Lipinski definition) is 1. The maximum atomic E-state index is 8.81. The molecule has 3 rings (SSSR count). The van der Waals surface area contributed by atoms with Gasteiger partial charge in [0.25, 0.3) is 0 Å². The first-order chi connectivity index (χ1) is 13.0. The normalized spacial score (nSPS) is 20.4. The summed E-state index contributed by atoms with van der Waals surface area (Å²) >= 11 is 0. The van der Waals surface area contributed by atoms with E-state index in [9.17, 15) is 0 Å². The predicted molar refractivity (Wildman–Crippen MR) is 110 cm³/mol. The quantitative estimate of drug-likeness (QED) is 0.509. The average Bonchev–Trinajstić information content (AvgIpc) is 3.34. The molecule has 1 saturated heterocycles. The summed E-state index contributed by atoms with van der Waals surface area (Å²) in [5.74, 6) is 0. The average molecular weight is 369 g/mol. The molecule has 0 aromatic heterocycles. The highest BCUT2D eigenvalue weighted by Crippen LogP contribution is 2.39. The van der Waals surface area contributed by atoms with Crippen LogP contribution in [0.5, 0.6) is 0 Å². The highest BCUT2D eigenvalue weighted by atomic mass is 16.6. The third-order valence-electron chi connectivity index (χ3n) is 4.62. The summed E-state index contributed by atoms with van der Waals surface area (Å²) in [5.41, 5.74) is 3.74. The van der Waals surface area contributed by atoms with Gasteiger partial charge >= 0.3 is 0 Å². The first kappa shape index (κ1) is 21.4. The van der Waals surface area contributed by atoms with Crippen LogP contribution in [0.1, 0.15) is 44.7 Å². The number of epoxide rings is 1. The molecule has 1 heterocycles. The van der Waals surface area contributed by atoms with Crippen LogP contribution in [-0.4, -0.2) is 23.4 Å². The highest BCUT2D eigenvalue weighted by Gasteiger charge is 2.50. The van der Waals surface area contributed by atoms with Crippen LogP contribution >= 0.6 is 0 Å². The molecule has 0 unspecified atom stereocenters. The number of aliphatic hydroxyl groups excluding tert-OH is 1. The van der Waals surface area contributed by atoms with Gasteiger partial charge in [-0.3, -0.25) is 0 Å². The van der Waals surface area contributed by atoms with Gasteiger partial charge in [0, 0.05) is 0 Å². The summed E-state index contributed by atoms with van der Waals surface area (Å²) in [6.07, 6.45) is 4.36. The van der Waals surface area contributed by atoms with Gasteiger partial charge in [0.15, 0.2) is 0 Å². The van der Waals surface area contributed by atoms with E-state index in [-0.39, 0.29) is 18.3 Å². The minimum absolute atomic E-state index is 0.0410. The van der Waals surface area contributed by atoms with E-state index in [1.165, 1.54) is 16.7 Å². The van der Waals surface area contributed by atoms with Crippen molar-refractivity contribution in [2.24, 2.45) is 0 Å². The number of allylic oxidation sites excluding steroid dienone is 2. The molecule has 1 aliphatic heterocycles. The van der Waals surface area contributed by atoms with Crippen molar-refractivity contribution in [3.63, 3.8) is 0 Å². The molecule has 0 radical (unpaired) electrons. The Hall–Kier alpha value is -1.94. The van der Waals surface area contributed by atoms with Crippen LogP contribution in [0.4, 0.5) is 0 Å². The zero-order chi connectivity index (χ0) is 19.5. The zero-order valence-electron chi connectivity index (χ0n) is 16.7. The predicted octanol–water partition coefficient (Wildman–Crippen LogP) is 5.29. The van der Waals surface area contributed by atoms with Crippen molar-refractivity contribution in [3.8, 4) is 0 Å². The fourth-order valence-corrected chi connectivity index (χ4v) is 2.82. The van der Waals surface area contributed by atoms with Crippen LogP contribution < -0.4 is 0 Å². The summed E-state index contributed by atoms with van der Waals surface area (Å²) < 4.78 is 11.0. The van der Waals surface area contributed by atoms with Crippen LogP contribution in [0.25, 0.3) is 0 Å². The number of rotatable bonds is 8. The third kappa shape index (κ3) is 8.08. The summed E-state index contributed by atoms with van der Waals surface area (Å²) in [5, 5.41) is 8.81. The maximum absolute atomic E-state index is 8.81. The lowest BCUT2D eigenvalue weighted by molar-refractivity contribution is 0.107. The third-order valence-corrected chi connectivity index (χ3v) is 4.62. The fraction of sp³-hybridized carbons (Fsp3) is 0.417. The van der Waals surface area contributed by atoms with Crippen LogP contribution in [-0.2, 0) is 22.7 Å². The Kier molecular flexibility index (Phi) is 8.73. The van der Waals surface area contributed by atoms with Crippen molar-refractivity contribution in [3.05, 3.63) is 83.4 Å². The molecule has 0 bridgehead atoms. The zero-order valence-corrected chi connectivity index (χ0v) is 16.7. The lowest BCUT2D eigenvalue weighted by atomic mass is 10.0. The van der Waals surface area contributed by atoms with E-state index in [0.29, 0.717) is 13.2 Å². The molecule has 2 atom stereocenters. The minimum Gasteiger partial charge on any atom is -0.394 e. The Morgan fingerprint density at radius 3 is 1.93 bits per heavy atom. The van der Waals surface area contributed by atoms with Crippen molar-refractivity contribution in [2.45, 2.75) is 58.5 Å². The Bertz CT molecular complexity index is 638. The van der Waals surface area contributed by atoms with Gasteiger partial charge in [-0.2, -0.15) is 0 Å². The SMILES string of the molecule is CC(C)=CCC[C@]1(C)O[C@@H]1CO.c1ccc(COCc2ccccc2)cc1. The van der Waals surface area contributed by atoms with Crippen molar-refractivity contribution >= 4 is 0 Å². The van der Waals surface area contributed by atoms with Crippen LogP contribution in [0.3, 0.4) is 0 Å². The number of benzene rings is 2. The second-order valence-corrected chi connectivity index (χ2v) is 7.39. The molecular formula is C24H32O3. The molecule has 2 aromatic rings. The van der Waals surface area contributed by atoms with Gasteiger partial charge in [0.2, 0.25) is 0 Å². The van der Waals surface area contributed by atoms with Gasteiger partial charge in [-0.25, -0.2) is 0 Å². The van der Waals surface area contributed by atoms with Gasteiger partial charge in [0.05, 0.1) is 25.4 Å². The second-order valence-electron chi connectivity index (χ2n) is 7.39. The Balaban J connectivity index is 0.000000199. The van der Waals surface area contributed by atoms with Gasteiger partial charge in [-0.05, 0) is 44.7 Å². The summed E-state index contributed by atoms with van der Waals surface area (Å²) in [6.45, 7) is 7.77. The molecule has 1 fully saturated rings. The van der Waals surface area contributed by atoms with E-state index < -0.39 is 0 Å². The van der Waals surface area contributed by atoms with E-state index in [4.69, 9.17) is 14.6 Å². The summed E-state index contributed by atoms with van der Waals surface area (Å²) in [4.78, 5) is 0. The lowest BCUT2D eigenvalue weighted by Crippen LogP contribution is -2.11. The van der Waals surface area contributed by atoms with Crippen molar-refractivity contribution in [1.82, 2.24) is 0 Å². The topological polar surface area (TPSA) is 42.0 Å². The monoisotopic (exact) mass is 368 g/mol. The van der Waals surface area contributed by atoms with Gasteiger partial charge in [-0.1, -0.05) is 72.3 Å². The molecule has 1 N–H and O–H groups in total. The maximum Gasteiger partial charge on any atom is 0.110 e. The van der Waals surface area contributed by atoms with E-state index in [1.807, 2.05) is 36.4 Å². The Morgan fingerprint density at radius 2 is 1.52 bits per heavy atom. The Labute approximate surface area is 163 Å². The van der Waals surface area contributed by atoms with Crippen molar-refractivity contribution in [1.29, 1.82) is 0 Å². The molecule has 2 aromatic carbocycles. The summed E-state index contributed by atoms with van der Waals surface area (Å²) in [7, 11) is 0. The van der Waals surface area contributed by atoms with Crippen LogP contribution in [0.15, 0.2) is 72.3 Å². The van der Waals surface area contributed by atoms with Gasteiger partial charge in [0.1, 0.15) is 6.10 Å². The van der Waals surface area contributed by atoms with E-state index in [1.54, 1.807) is 0 Å². The molecule has 0 aliphatic carbocycles. The number of hydrogen-bond acceptors (Lipinski definition) is 3. The highest BCUT2D eigenvalue weighted by molar-refractivity contribution is 5.15. The van der Waals surface area contributed by atoms with Gasteiger partial charge in [-0.15, -0.1) is 0 Å². The molecule has 0 spiro atoms. The fourth-order valence-electron chi connectivity index (χ4n) is 2.82. The van der Waals surface area contributed by atoms with Crippen LogP contribution in [0.2, 0.25) is 0 Å². The Morgan fingerprint density at radius 1 is 1.00 bits per heavy atom. The standard InChI is InChI=1S/C14H14O.C10H18O2/c1-3-7-13(8-4-1)11-15-12-14-9-5-2-6-10-14;1-8(2)5-4-6-10(3)9(7-11)12-10/h1-10H,11-12H2;5,9,11H,4,6-7H2,1-3H3/t;9-,10+/m.1/s1. The lowest BCUT2D eigenvalue weighted by Gasteiger charge is -2.03. The molecular weight excluding hydrogens is 336 g/mol. The van der Waals surface area contributed by atoms with Gasteiger partial charge < -0.3 is 14.6 Å². The molecule has 3 nitrogen and oxygen atoms in total. The van der Waals surface area contributed by atoms with Crippen molar-refractivity contribution < 1.29 is 14.6 Å². The first-order valence-corrected chi connectivity index (χ1v) is 9.61. The molecule has 146 valence electrons. The second kappa shape index (κ2) is 11.0. The molecule has 0 saturated carbocycles. The largest absolute Gasteiger partial charge is 0.394 e. The smallest absolute Gasteiger partial charge is 0.110 e. The van der Waals surface area contributed by atoms with E-state index in [0.717, 1.165) is 12.8 Å². The van der Waals surface area contributed by atoms with Crippen molar-refractivity contribution in [2.75, 3.05) is 6.61 Å². The molecule has 1 aliphatic rings. The number of ether oxygens (including phenoxy) is 2. The minimum atomic E-state index is -0.0410. The van der Waals surface area contributed by atoms with E-state index in [2.05, 4.69) is 51.1 Å². The van der Waals surface area contributed by atoms with Crippen LogP contribution in [0, 0.1) is 0 Å². The summed E-state index contributed by atoms with van der Waals surface area (Å²) in [6, 6.07) is 20.4.